The predicted octanol–water partition coefficient (Wildman–Crippen LogP) is 3.15. The third-order valence-corrected chi connectivity index (χ3v) is 4.93. The third kappa shape index (κ3) is 2.26. The number of fused-ring (bicyclic) bond motifs is 1. The van der Waals surface area contributed by atoms with Crippen molar-refractivity contribution in [1.29, 1.82) is 0 Å². The minimum Gasteiger partial charge on any atom is -0.390 e. The fraction of sp³-hybridized carbons (Fsp3) is 0.643. The Balaban J connectivity index is 2.42. The molecular formula is C14H22N2OS. The summed E-state index contributed by atoms with van der Waals surface area (Å²) in [6.45, 7) is 8.41. The fourth-order valence-electron chi connectivity index (χ4n) is 2.64. The van der Waals surface area contributed by atoms with Crippen molar-refractivity contribution in [2.24, 2.45) is 5.92 Å². The summed E-state index contributed by atoms with van der Waals surface area (Å²) in [4.78, 5) is 13.6. The molecule has 18 heavy (non-hydrogen) atoms. The maximum atomic E-state index is 12.3. The van der Waals surface area contributed by atoms with Crippen LogP contribution in [0.4, 0.5) is 5.00 Å². The van der Waals surface area contributed by atoms with Crippen molar-refractivity contribution in [1.82, 2.24) is 5.32 Å². The van der Waals surface area contributed by atoms with Crippen LogP contribution >= 0.6 is 11.3 Å². The molecule has 2 rings (SSSR count). The molecule has 0 saturated carbocycles. The van der Waals surface area contributed by atoms with E-state index in [0.29, 0.717) is 16.8 Å². The number of nitrogens with one attached hydrogen (secondary N) is 1. The van der Waals surface area contributed by atoms with Crippen LogP contribution in [0.3, 0.4) is 0 Å². The van der Waals surface area contributed by atoms with Gasteiger partial charge in [0, 0.05) is 10.9 Å². The molecule has 1 aromatic rings. The van der Waals surface area contributed by atoms with Crippen molar-refractivity contribution in [2.45, 2.75) is 52.5 Å². The van der Waals surface area contributed by atoms with Gasteiger partial charge in [-0.2, -0.15) is 0 Å². The number of carbonyl (C=O) groups excluding carboxylic acids is 1. The Bertz CT molecular complexity index is 465. The number of amides is 1. The van der Waals surface area contributed by atoms with E-state index in [4.69, 9.17) is 5.73 Å². The molecule has 4 heteroatoms. The molecule has 100 valence electrons. The van der Waals surface area contributed by atoms with Crippen LogP contribution in [0.25, 0.3) is 0 Å². The first-order valence-electron chi connectivity index (χ1n) is 6.63. The van der Waals surface area contributed by atoms with E-state index in [0.717, 1.165) is 12.0 Å². The molecule has 1 amide bonds. The summed E-state index contributed by atoms with van der Waals surface area (Å²) in [5.74, 6) is 1.04. The molecule has 1 aliphatic rings. The number of hydrogen-bond acceptors (Lipinski definition) is 3. The number of hydrogen-bond donors (Lipinski definition) is 2. The first-order chi connectivity index (χ1) is 8.41. The van der Waals surface area contributed by atoms with Gasteiger partial charge in [0.1, 0.15) is 0 Å². The zero-order valence-electron chi connectivity index (χ0n) is 11.5. The van der Waals surface area contributed by atoms with Gasteiger partial charge in [-0.15, -0.1) is 11.3 Å². The lowest BCUT2D eigenvalue weighted by molar-refractivity contribution is 0.0942. The number of rotatable bonds is 2. The van der Waals surface area contributed by atoms with E-state index < -0.39 is 0 Å². The highest BCUT2D eigenvalue weighted by Crippen LogP contribution is 2.44. The largest absolute Gasteiger partial charge is 0.390 e. The minimum atomic E-state index is -0.0130. The van der Waals surface area contributed by atoms with Gasteiger partial charge >= 0.3 is 0 Å². The molecule has 3 nitrogen and oxygen atoms in total. The standard InChI is InChI=1S/C14H22N2OS/c1-7(2)16-14(17)12-11-9(4)8(3)5-6-10(11)18-13(12)15/h7-9H,5-6,15H2,1-4H3,(H,16,17). The molecule has 1 heterocycles. The van der Waals surface area contributed by atoms with Gasteiger partial charge in [0.25, 0.3) is 5.91 Å². The Morgan fingerprint density at radius 1 is 1.44 bits per heavy atom. The fourth-order valence-corrected chi connectivity index (χ4v) is 3.83. The van der Waals surface area contributed by atoms with Gasteiger partial charge in [-0.1, -0.05) is 13.8 Å². The maximum Gasteiger partial charge on any atom is 0.254 e. The van der Waals surface area contributed by atoms with E-state index in [1.165, 1.54) is 16.9 Å². The van der Waals surface area contributed by atoms with Gasteiger partial charge in [-0.3, -0.25) is 4.79 Å². The molecule has 0 radical (unpaired) electrons. The van der Waals surface area contributed by atoms with Crippen molar-refractivity contribution in [3.05, 3.63) is 16.0 Å². The maximum absolute atomic E-state index is 12.3. The molecule has 1 aromatic heterocycles. The van der Waals surface area contributed by atoms with E-state index in [1.807, 2.05) is 13.8 Å². The molecule has 1 aliphatic carbocycles. The number of nitrogens with two attached hydrogens (primary N) is 1. The molecule has 3 N–H and O–H groups in total. The molecule has 0 aromatic carbocycles. The molecule has 2 atom stereocenters. The van der Waals surface area contributed by atoms with Crippen LogP contribution in [-0.4, -0.2) is 11.9 Å². The third-order valence-electron chi connectivity index (χ3n) is 3.83. The monoisotopic (exact) mass is 266 g/mol. The smallest absolute Gasteiger partial charge is 0.254 e. The van der Waals surface area contributed by atoms with Gasteiger partial charge in [0.05, 0.1) is 10.6 Å². The van der Waals surface area contributed by atoms with Gasteiger partial charge in [0.2, 0.25) is 0 Å². The topological polar surface area (TPSA) is 55.1 Å². The van der Waals surface area contributed by atoms with Crippen LogP contribution in [0.15, 0.2) is 0 Å². The number of nitrogen functional groups attached to an aromatic ring is 1. The molecule has 0 fully saturated rings. The van der Waals surface area contributed by atoms with Crippen LogP contribution in [-0.2, 0) is 6.42 Å². The first-order valence-corrected chi connectivity index (χ1v) is 7.45. The normalized spacial score (nSPS) is 22.9. The molecule has 0 spiro atoms. The van der Waals surface area contributed by atoms with Gasteiger partial charge in [-0.05, 0) is 44.1 Å². The van der Waals surface area contributed by atoms with E-state index >= 15 is 0 Å². The lowest BCUT2D eigenvalue weighted by atomic mass is 9.79. The lowest BCUT2D eigenvalue weighted by Crippen LogP contribution is -2.31. The van der Waals surface area contributed by atoms with Gasteiger partial charge < -0.3 is 11.1 Å². The summed E-state index contributed by atoms with van der Waals surface area (Å²) in [5.41, 5.74) is 8.00. The van der Waals surface area contributed by atoms with Crippen LogP contribution in [0, 0.1) is 5.92 Å². The summed E-state index contributed by atoms with van der Waals surface area (Å²) >= 11 is 1.59. The summed E-state index contributed by atoms with van der Waals surface area (Å²) in [7, 11) is 0. The average molecular weight is 266 g/mol. The van der Waals surface area contributed by atoms with Crippen LogP contribution < -0.4 is 11.1 Å². The van der Waals surface area contributed by atoms with Crippen molar-refractivity contribution >= 4 is 22.2 Å². The highest BCUT2D eigenvalue weighted by atomic mass is 32.1. The second-order valence-electron chi connectivity index (χ2n) is 5.61. The highest BCUT2D eigenvalue weighted by Gasteiger charge is 2.31. The van der Waals surface area contributed by atoms with Crippen LogP contribution in [0.2, 0.25) is 0 Å². The number of carbonyl (C=O) groups is 1. The Morgan fingerprint density at radius 2 is 2.11 bits per heavy atom. The first kappa shape index (κ1) is 13.4. The second-order valence-corrected chi connectivity index (χ2v) is 6.75. The van der Waals surface area contributed by atoms with E-state index in [-0.39, 0.29) is 11.9 Å². The Morgan fingerprint density at radius 3 is 2.72 bits per heavy atom. The van der Waals surface area contributed by atoms with Gasteiger partial charge in [0.15, 0.2) is 0 Å². The van der Waals surface area contributed by atoms with Gasteiger partial charge in [-0.25, -0.2) is 0 Å². The number of aryl methyl sites for hydroxylation is 1. The predicted molar refractivity (Wildman–Crippen MR) is 77.2 cm³/mol. The van der Waals surface area contributed by atoms with Crippen molar-refractivity contribution in [3.63, 3.8) is 0 Å². The zero-order chi connectivity index (χ0) is 13.4. The summed E-state index contributed by atoms with van der Waals surface area (Å²) in [5, 5.41) is 3.64. The summed E-state index contributed by atoms with van der Waals surface area (Å²) in [6, 6.07) is 0.142. The van der Waals surface area contributed by atoms with Crippen molar-refractivity contribution in [3.8, 4) is 0 Å². The second kappa shape index (κ2) is 4.92. The molecule has 0 bridgehead atoms. The minimum absolute atomic E-state index is 0.0130. The number of thiophene rings is 1. The van der Waals surface area contributed by atoms with Crippen molar-refractivity contribution < 1.29 is 4.79 Å². The number of anilines is 1. The summed E-state index contributed by atoms with van der Waals surface area (Å²) < 4.78 is 0. The van der Waals surface area contributed by atoms with Crippen LogP contribution in [0.5, 0.6) is 0 Å². The van der Waals surface area contributed by atoms with E-state index in [2.05, 4.69) is 19.2 Å². The van der Waals surface area contributed by atoms with Crippen LogP contribution in [0.1, 0.15) is 60.8 Å². The van der Waals surface area contributed by atoms with E-state index in [1.54, 1.807) is 11.3 Å². The molecular weight excluding hydrogens is 244 g/mol. The van der Waals surface area contributed by atoms with E-state index in [9.17, 15) is 4.79 Å². The highest BCUT2D eigenvalue weighted by molar-refractivity contribution is 7.16. The average Bonchev–Trinajstić information content (AvgIpc) is 2.60. The Kier molecular flexibility index (Phi) is 3.66. The Hall–Kier alpha value is -1.03. The molecule has 0 aliphatic heterocycles. The Labute approximate surface area is 113 Å². The molecule has 0 saturated heterocycles. The zero-order valence-corrected chi connectivity index (χ0v) is 12.4. The lowest BCUT2D eigenvalue weighted by Gasteiger charge is -2.27. The SMILES string of the molecule is CC(C)NC(=O)c1c(N)sc2c1C(C)C(C)CC2. The summed E-state index contributed by atoms with van der Waals surface area (Å²) in [6.07, 6.45) is 2.25. The van der Waals surface area contributed by atoms with Crippen molar-refractivity contribution in [2.75, 3.05) is 5.73 Å². The molecule has 2 unspecified atom stereocenters. The quantitative estimate of drug-likeness (QED) is 0.864.